The zero-order valence-corrected chi connectivity index (χ0v) is 22.6. The molecule has 1 saturated carbocycles. The van der Waals surface area contributed by atoms with E-state index in [2.05, 4.69) is 50.8 Å². The van der Waals surface area contributed by atoms with E-state index < -0.39 is 0 Å². The smallest absolute Gasteiger partial charge is 0.138 e. The zero-order chi connectivity index (χ0) is 25.4. The van der Waals surface area contributed by atoms with Gasteiger partial charge in [-0.2, -0.15) is 0 Å². The highest BCUT2D eigenvalue weighted by Crippen LogP contribution is 2.49. The van der Waals surface area contributed by atoms with E-state index in [4.69, 9.17) is 0 Å². The van der Waals surface area contributed by atoms with Crippen molar-refractivity contribution in [1.82, 2.24) is 0 Å². The zero-order valence-electron chi connectivity index (χ0n) is 22.6. The molecule has 0 N–H and O–H groups in total. The van der Waals surface area contributed by atoms with Gasteiger partial charge in [0.25, 0.3) is 0 Å². The molecule has 36 heavy (non-hydrogen) atoms. The molecule has 3 aromatic carbocycles. The largest absolute Gasteiger partial charge is 0.206 e. The molecular formula is C35H45F. The van der Waals surface area contributed by atoms with Crippen molar-refractivity contribution in [3.63, 3.8) is 0 Å². The van der Waals surface area contributed by atoms with Crippen molar-refractivity contribution in [1.29, 1.82) is 0 Å². The summed E-state index contributed by atoms with van der Waals surface area (Å²) in [4.78, 5) is 0. The molecule has 0 saturated heterocycles. The van der Waals surface area contributed by atoms with Gasteiger partial charge in [0.1, 0.15) is 5.82 Å². The molecule has 1 heteroatoms. The van der Waals surface area contributed by atoms with Gasteiger partial charge in [-0.15, -0.1) is 6.58 Å². The van der Waals surface area contributed by atoms with Crippen LogP contribution in [0, 0.1) is 17.2 Å². The first-order valence-corrected chi connectivity index (χ1v) is 14.5. The molecule has 0 atom stereocenters. The number of hydrogen-bond acceptors (Lipinski definition) is 0. The van der Waals surface area contributed by atoms with Crippen LogP contribution in [0.15, 0.2) is 67.3 Å². The average molecular weight is 485 g/mol. The van der Waals surface area contributed by atoms with Gasteiger partial charge in [-0.05, 0) is 71.9 Å². The molecule has 0 aliphatic heterocycles. The second-order valence-corrected chi connectivity index (χ2v) is 11.2. The molecule has 1 aliphatic rings. The minimum atomic E-state index is -0.104. The van der Waals surface area contributed by atoms with Gasteiger partial charge in [0.15, 0.2) is 0 Å². The SMILES string of the molecule is C=CCCc1ccc(-c2ccc3cc(CCC4(C(CCC)CCC)CCCCC4)ccc3c2F)cc1. The first kappa shape index (κ1) is 26.6. The maximum absolute atomic E-state index is 15.6. The lowest BCUT2D eigenvalue weighted by molar-refractivity contribution is 0.0703. The van der Waals surface area contributed by atoms with Crippen LogP contribution in [0.3, 0.4) is 0 Å². The highest BCUT2D eigenvalue weighted by atomic mass is 19.1. The molecule has 1 aliphatic carbocycles. The van der Waals surface area contributed by atoms with Crippen molar-refractivity contribution in [2.24, 2.45) is 11.3 Å². The fraction of sp³-hybridized carbons (Fsp3) is 0.486. The first-order valence-electron chi connectivity index (χ1n) is 14.5. The second kappa shape index (κ2) is 12.7. The summed E-state index contributed by atoms with van der Waals surface area (Å²) in [5.41, 5.74) is 4.76. The standard InChI is InChI=1S/C35H45F/c1-4-7-13-27-14-17-29(18-15-27)32-21-19-30-26-28(16-20-33(30)34(32)36)22-25-35(23-9-8-10-24-35)31(11-5-2)12-6-3/h4,14-21,26,31H,1,5-13,22-25H2,2-3H3. The van der Waals surface area contributed by atoms with Crippen molar-refractivity contribution in [3.05, 3.63) is 84.2 Å². The van der Waals surface area contributed by atoms with E-state index in [0.717, 1.165) is 41.5 Å². The molecule has 0 aromatic heterocycles. The summed E-state index contributed by atoms with van der Waals surface area (Å²) >= 11 is 0. The fourth-order valence-corrected chi connectivity index (χ4v) is 6.80. The summed E-state index contributed by atoms with van der Waals surface area (Å²) in [5, 5.41) is 1.75. The van der Waals surface area contributed by atoms with Crippen molar-refractivity contribution >= 4 is 10.8 Å². The van der Waals surface area contributed by atoms with Crippen LogP contribution in [0.4, 0.5) is 4.39 Å². The first-order chi connectivity index (χ1) is 17.6. The predicted molar refractivity (Wildman–Crippen MR) is 155 cm³/mol. The highest BCUT2D eigenvalue weighted by Gasteiger charge is 2.38. The van der Waals surface area contributed by atoms with Crippen LogP contribution in [0.25, 0.3) is 21.9 Å². The monoisotopic (exact) mass is 484 g/mol. The molecule has 1 fully saturated rings. The molecule has 3 aromatic rings. The predicted octanol–water partition coefficient (Wildman–Crippen LogP) is 10.9. The van der Waals surface area contributed by atoms with Gasteiger partial charge in [-0.1, -0.05) is 119 Å². The quantitative estimate of drug-likeness (QED) is 0.224. The maximum Gasteiger partial charge on any atom is 0.138 e. The summed E-state index contributed by atoms with van der Waals surface area (Å²) in [5.74, 6) is 0.754. The van der Waals surface area contributed by atoms with Gasteiger partial charge >= 0.3 is 0 Å². The van der Waals surface area contributed by atoms with Gasteiger partial charge in [0, 0.05) is 10.9 Å². The Bertz CT molecular complexity index is 1110. The van der Waals surface area contributed by atoms with Crippen LogP contribution in [-0.4, -0.2) is 0 Å². The normalized spacial score (nSPS) is 15.4. The molecule has 0 heterocycles. The van der Waals surface area contributed by atoms with Gasteiger partial charge in [-0.25, -0.2) is 4.39 Å². The molecule has 0 nitrogen and oxygen atoms in total. The van der Waals surface area contributed by atoms with Crippen LogP contribution in [-0.2, 0) is 12.8 Å². The Kier molecular flexibility index (Phi) is 9.41. The third-order valence-corrected chi connectivity index (χ3v) is 8.82. The summed E-state index contributed by atoms with van der Waals surface area (Å²) in [6.45, 7) is 8.50. The maximum atomic E-state index is 15.6. The van der Waals surface area contributed by atoms with Crippen molar-refractivity contribution in [3.8, 4) is 11.1 Å². The highest BCUT2D eigenvalue weighted by molar-refractivity contribution is 5.88. The number of allylic oxidation sites excluding steroid dienone is 1. The van der Waals surface area contributed by atoms with Crippen LogP contribution in [0.5, 0.6) is 0 Å². The van der Waals surface area contributed by atoms with E-state index in [1.165, 1.54) is 75.3 Å². The summed E-state index contributed by atoms with van der Waals surface area (Å²) in [6.07, 6.45) is 18.6. The van der Waals surface area contributed by atoms with Crippen molar-refractivity contribution in [2.75, 3.05) is 0 Å². The van der Waals surface area contributed by atoms with Crippen LogP contribution in [0.2, 0.25) is 0 Å². The van der Waals surface area contributed by atoms with Gasteiger partial charge < -0.3 is 0 Å². The number of hydrogen-bond donors (Lipinski definition) is 0. The number of aryl methyl sites for hydroxylation is 2. The average Bonchev–Trinajstić information content (AvgIpc) is 2.92. The lowest BCUT2D eigenvalue weighted by atomic mass is 9.61. The molecular weight excluding hydrogens is 439 g/mol. The number of benzene rings is 3. The van der Waals surface area contributed by atoms with Gasteiger partial charge in [-0.3, -0.25) is 0 Å². The van der Waals surface area contributed by atoms with Gasteiger partial charge in [0.05, 0.1) is 0 Å². The Labute approximate surface area is 219 Å². The summed E-state index contributed by atoms with van der Waals surface area (Å²) in [7, 11) is 0. The summed E-state index contributed by atoms with van der Waals surface area (Å²) in [6, 6.07) is 18.8. The van der Waals surface area contributed by atoms with Gasteiger partial charge in [0.2, 0.25) is 0 Å². The molecule has 192 valence electrons. The van der Waals surface area contributed by atoms with E-state index in [1.54, 1.807) is 0 Å². The van der Waals surface area contributed by atoms with Crippen LogP contribution >= 0.6 is 0 Å². The van der Waals surface area contributed by atoms with E-state index in [0.29, 0.717) is 11.0 Å². The lowest BCUT2D eigenvalue weighted by Gasteiger charge is -2.44. The Balaban J connectivity index is 1.53. The Morgan fingerprint density at radius 1 is 0.861 bits per heavy atom. The van der Waals surface area contributed by atoms with E-state index in [-0.39, 0.29) is 5.82 Å². The Morgan fingerprint density at radius 3 is 2.22 bits per heavy atom. The molecule has 0 amide bonds. The van der Waals surface area contributed by atoms with Crippen molar-refractivity contribution < 1.29 is 4.39 Å². The number of fused-ring (bicyclic) bond motifs is 1. The third-order valence-electron chi connectivity index (χ3n) is 8.82. The lowest BCUT2D eigenvalue weighted by Crippen LogP contribution is -2.33. The molecule has 4 rings (SSSR count). The fourth-order valence-electron chi connectivity index (χ4n) is 6.80. The molecule has 0 bridgehead atoms. The van der Waals surface area contributed by atoms with Crippen molar-refractivity contribution in [2.45, 2.75) is 97.3 Å². The third kappa shape index (κ3) is 6.10. The van der Waals surface area contributed by atoms with Crippen LogP contribution in [0.1, 0.15) is 95.6 Å². The molecule has 0 spiro atoms. The van der Waals surface area contributed by atoms with Crippen LogP contribution < -0.4 is 0 Å². The number of rotatable bonds is 12. The molecule has 0 radical (unpaired) electrons. The minimum Gasteiger partial charge on any atom is -0.206 e. The molecule has 0 unspecified atom stereocenters. The Morgan fingerprint density at radius 2 is 1.56 bits per heavy atom. The summed E-state index contributed by atoms with van der Waals surface area (Å²) < 4.78 is 15.6. The minimum absolute atomic E-state index is 0.104. The number of halogens is 1. The topological polar surface area (TPSA) is 0 Å². The van der Waals surface area contributed by atoms with E-state index in [9.17, 15) is 0 Å². The Hall–Kier alpha value is -2.41. The van der Waals surface area contributed by atoms with E-state index >= 15 is 4.39 Å². The second-order valence-electron chi connectivity index (χ2n) is 11.2. The van der Waals surface area contributed by atoms with E-state index in [1.807, 2.05) is 30.3 Å².